The first-order valence-electron chi connectivity index (χ1n) is 5.03. The topological polar surface area (TPSA) is 51.4 Å². The van der Waals surface area contributed by atoms with E-state index in [9.17, 15) is 0 Å². The molecule has 0 aliphatic heterocycles. The highest BCUT2D eigenvalue weighted by molar-refractivity contribution is 5.41. The van der Waals surface area contributed by atoms with Gasteiger partial charge in [-0.25, -0.2) is 0 Å². The number of nitrogens with two attached hydrogens (primary N) is 1. The molecule has 0 amide bonds. The standard InChI is InChI=1S/C11H19N3O/c1-9(8-15-3)14(2)7-11-10(12)5-4-6-13-11/h4-6,9H,7-8,12H2,1-3H3. The van der Waals surface area contributed by atoms with Gasteiger partial charge >= 0.3 is 0 Å². The van der Waals surface area contributed by atoms with Gasteiger partial charge in [-0.15, -0.1) is 0 Å². The fourth-order valence-electron chi connectivity index (χ4n) is 1.34. The molecule has 0 aromatic carbocycles. The quantitative estimate of drug-likeness (QED) is 0.790. The van der Waals surface area contributed by atoms with Crippen molar-refractivity contribution in [2.24, 2.45) is 0 Å². The van der Waals surface area contributed by atoms with Crippen LogP contribution in [0.5, 0.6) is 0 Å². The van der Waals surface area contributed by atoms with E-state index in [4.69, 9.17) is 10.5 Å². The summed E-state index contributed by atoms with van der Waals surface area (Å²) in [7, 11) is 3.75. The van der Waals surface area contributed by atoms with Gasteiger partial charge in [0.25, 0.3) is 0 Å². The zero-order chi connectivity index (χ0) is 11.3. The first-order valence-corrected chi connectivity index (χ1v) is 5.03. The number of likely N-dealkylation sites (N-methyl/N-ethyl adjacent to an activating group) is 1. The predicted molar refractivity (Wildman–Crippen MR) is 61.5 cm³/mol. The highest BCUT2D eigenvalue weighted by Crippen LogP contribution is 2.10. The first kappa shape index (κ1) is 11.9. The minimum absolute atomic E-state index is 0.358. The normalized spacial score (nSPS) is 13.1. The second-order valence-electron chi connectivity index (χ2n) is 3.76. The van der Waals surface area contributed by atoms with Crippen LogP contribution in [0.25, 0.3) is 0 Å². The van der Waals surface area contributed by atoms with Crippen LogP contribution in [0.1, 0.15) is 12.6 Å². The van der Waals surface area contributed by atoms with Gasteiger partial charge in [0, 0.05) is 25.9 Å². The zero-order valence-corrected chi connectivity index (χ0v) is 9.60. The summed E-state index contributed by atoms with van der Waals surface area (Å²) < 4.78 is 5.10. The summed E-state index contributed by atoms with van der Waals surface area (Å²) in [4.78, 5) is 6.42. The number of hydrogen-bond donors (Lipinski definition) is 1. The second-order valence-corrected chi connectivity index (χ2v) is 3.76. The minimum Gasteiger partial charge on any atom is -0.397 e. The number of aromatic nitrogens is 1. The lowest BCUT2D eigenvalue weighted by atomic mass is 10.2. The Hall–Kier alpha value is -1.13. The van der Waals surface area contributed by atoms with Crippen LogP contribution in [0.2, 0.25) is 0 Å². The highest BCUT2D eigenvalue weighted by atomic mass is 16.5. The zero-order valence-electron chi connectivity index (χ0n) is 9.60. The fraction of sp³-hybridized carbons (Fsp3) is 0.545. The van der Waals surface area contributed by atoms with Gasteiger partial charge in [0.15, 0.2) is 0 Å². The molecule has 0 aliphatic rings. The number of nitrogens with zero attached hydrogens (tertiary/aromatic N) is 2. The highest BCUT2D eigenvalue weighted by Gasteiger charge is 2.10. The van der Waals surface area contributed by atoms with E-state index < -0.39 is 0 Å². The van der Waals surface area contributed by atoms with Crippen LogP contribution in [0.3, 0.4) is 0 Å². The molecule has 1 atom stereocenters. The monoisotopic (exact) mass is 209 g/mol. The molecule has 15 heavy (non-hydrogen) atoms. The van der Waals surface area contributed by atoms with Crippen molar-refractivity contribution >= 4 is 5.69 Å². The minimum atomic E-state index is 0.358. The maximum atomic E-state index is 5.82. The van der Waals surface area contributed by atoms with Gasteiger partial charge in [-0.2, -0.15) is 0 Å². The third-order valence-electron chi connectivity index (χ3n) is 2.48. The molecule has 1 aromatic rings. The summed E-state index contributed by atoms with van der Waals surface area (Å²) in [6, 6.07) is 4.07. The largest absolute Gasteiger partial charge is 0.397 e. The predicted octanol–water partition coefficient (Wildman–Crippen LogP) is 1.13. The molecule has 4 nitrogen and oxygen atoms in total. The molecule has 0 spiro atoms. The van der Waals surface area contributed by atoms with Crippen LogP contribution < -0.4 is 5.73 Å². The van der Waals surface area contributed by atoms with E-state index in [0.717, 1.165) is 17.9 Å². The molecule has 0 aliphatic carbocycles. The Morgan fingerprint density at radius 3 is 2.93 bits per heavy atom. The van der Waals surface area contributed by atoms with E-state index in [1.807, 2.05) is 19.2 Å². The van der Waals surface area contributed by atoms with E-state index in [-0.39, 0.29) is 0 Å². The van der Waals surface area contributed by atoms with Gasteiger partial charge in [-0.3, -0.25) is 9.88 Å². The summed E-state index contributed by atoms with van der Waals surface area (Å²) in [5, 5.41) is 0. The van der Waals surface area contributed by atoms with Gasteiger partial charge in [0.1, 0.15) is 0 Å². The Morgan fingerprint density at radius 2 is 2.33 bits per heavy atom. The van der Waals surface area contributed by atoms with E-state index in [1.165, 1.54) is 0 Å². The van der Waals surface area contributed by atoms with Crippen LogP contribution in [0, 0.1) is 0 Å². The van der Waals surface area contributed by atoms with Crippen LogP contribution in [-0.4, -0.2) is 36.7 Å². The maximum Gasteiger partial charge on any atom is 0.0772 e. The molecule has 0 saturated heterocycles. The van der Waals surface area contributed by atoms with Crippen molar-refractivity contribution in [3.63, 3.8) is 0 Å². The molecule has 4 heteroatoms. The third kappa shape index (κ3) is 3.49. The summed E-state index contributed by atoms with van der Waals surface area (Å²) in [5.41, 5.74) is 7.49. The molecular weight excluding hydrogens is 190 g/mol. The third-order valence-corrected chi connectivity index (χ3v) is 2.48. The number of nitrogen functional groups attached to an aromatic ring is 1. The van der Waals surface area contributed by atoms with Crippen molar-refractivity contribution in [2.45, 2.75) is 19.5 Å². The molecular formula is C11H19N3O. The lowest BCUT2D eigenvalue weighted by Crippen LogP contribution is -2.32. The molecule has 1 heterocycles. The van der Waals surface area contributed by atoms with E-state index in [2.05, 4.69) is 16.8 Å². The maximum absolute atomic E-state index is 5.82. The smallest absolute Gasteiger partial charge is 0.0772 e. The van der Waals surface area contributed by atoms with Gasteiger partial charge in [0.2, 0.25) is 0 Å². The van der Waals surface area contributed by atoms with E-state index >= 15 is 0 Å². The molecule has 0 fully saturated rings. The molecule has 0 radical (unpaired) electrons. The van der Waals surface area contributed by atoms with E-state index in [0.29, 0.717) is 12.6 Å². The number of methoxy groups -OCH3 is 1. The number of ether oxygens (including phenoxy) is 1. The van der Waals surface area contributed by atoms with Crippen LogP contribution in [-0.2, 0) is 11.3 Å². The van der Waals surface area contributed by atoms with Crippen molar-refractivity contribution in [1.29, 1.82) is 0 Å². The number of rotatable bonds is 5. The lowest BCUT2D eigenvalue weighted by Gasteiger charge is -2.23. The lowest BCUT2D eigenvalue weighted by molar-refractivity contribution is 0.111. The van der Waals surface area contributed by atoms with E-state index in [1.54, 1.807) is 13.3 Å². The van der Waals surface area contributed by atoms with Crippen LogP contribution in [0.4, 0.5) is 5.69 Å². The second kappa shape index (κ2) is 5.68. The first-order chi connectivity index (χ1) is 7.15. The van der Waals surface area contributed by atoms with Crippen molar-refractivity contribution in [2.75, 3.05) is 26.5 Å². The number of pyridine rings is 1. The van der Waals surface area contributed by atoms with Crippen LogP contribution >= 0.6 is 0 Å². The average molecular weight is 209 g/mol. The summed E-state index contributed by atoms with van der Waals surface area (Å²) in [6.45, 7) is 3.57. The Balaban J connectivity index is 2.58. The van der Waals surface area contributed by atoms with Gasteiger partial charge < -0.3 is 10.5 Å². The molecule has 0 saturated carbocycles. The summed E-state index contributed by atoms with van der Waals surface area (Å²) in [5.74, 6) is 0. The molecule has 1 rings (SSSR count). The van der Waals surface area contributed by atoms with Crippen molar-refractivity contribution in [3.05, 3.63) is 24.0 Å². The SMILES string of the molecule is COCC(C)N(C)Cc1ncccc1N. The van der Waals surface area contributed by atoms with Gasteiger partial charge in [0.05, 0.1) is 18.0 Å². The molecule has 0 bridgehead atoms. The number of hydrogen-bond acceptors (Lipinski definition) is 4. The summed E-state index contributed by atoms with van der Waals surface area (Å²) in [6.07, 6.45) is 1.76. The molecule has 1 aromatic heterocycles. The average Bonchev–Trinajstić information content (AvgIpc) is 2.21. The summed E-state index contributed by atoms with van der Waals surface area (Å²) >= 11 is 0. The van der Waals surface area contributed by atoms with Gasteiger partial charge in [-0.05, 0) is 26.1 Å². The van der Waals surface area contributed by atoms with Crippen molar-refractivity contribution in [1.82, 2.24) is 9.88 Å². The fourth-order valence-corrected chi connectivity index (χ4v) is 1.34. The molecule has 84 valence electrons. The van der Waals surface area contributed by atoms with Crippen molar-refractivity contribution < 1.29 is 4.74 Å². The Bertz CT molecular complexity index is 304. The molecule has 2 N–H and O–H groups in total. The Morgan fingerprint density at radius 1 is 1.60 bits per heavy atom. The number of anilines is 1. The Kier molecular flexibility index (Phi) is 4.52. The van der Waals surface area contributed by atoms with Crippen LogP contribution in [0.15, 0.2) is 18.3 Å². The van der Waals surface area contributed by atoms with Crippen molar-refractivity contribution in [3.8, 4) is 0 Å². The van der Waals surface area contributed by atoms with Gasteiger partial charge in [-0.1, -0.05) is 0 Å². The Labute approximate surface area is 91.1 Å². The molecule has 1 unspecified atom stereocenters.